The average Bonchev–Trinajstić information content (AvgIpc) is 2.82. The van der Waals surface area contributed by atoms with Gasteiger partial charge in [0.05, 0.1) is 18.1 Å². The van der Waals surface area contributed by atoms with E-state index in [0.717, 1.165) is 16.3 Å². The highest BCUT2D eigenvalue weighted by atomic mass is 16.3. The number of amides is 2. The van der Waals surface area contributed by atoms with Crippen LogP contribution in [0.4, 0.5) is 0 Å². The zero-order valence-electron chi connectivity index (χ0n) is 20.3. The molecule has 8 nitrogen and oxygen atoms in total. The molecule has 0 heterocycles. The minimum absolute atomic E-state index is 0.0811. The third kappa shape index (κ3) is 7.62. The van der Waals surface area contributed by atoms with Crippen molar-refractivity contribution in [3.8, 4) is 0 Å². The van der Waals surface area contributed by atoms with Gasteiger partial charge < -0.3 is 27.2 Å². The second-order valence-electron chi connectivity index (χ2n) is 9.09. The van der Waals surface area contributed by atoms with Gasteiger partial charge in [-0.15, -0.1) is 0 Å². The molecule has 0 aromatic heterocycles. The van der Waals surface area contributed by atoms with Gasteiger partial charge in [-0.2, -0.15) is 0 Å². The maximum Gasteiger partial charge on any atom is 0.245 e. The summed E-state index contributed by atoms with van der Waals surface area (Å²) < 4.78 is 0. The number of carbonyl (C=O) groups is 3. The number of nitrogens with one attached hydrogen (secondary N) is 2. The molecule has 0 aliphatic rings. The Bertz CT molecular complexity index is 976. The van der Waals surface area contributed by atoms with E-state index in [0.29, 0.717) is 25.8 Å². The number of Topliss-reactive ketones (excluding diaryl/α,β-unsaturated/α-hetero) is 1. The van der Waals surface area contributed by atoms with E-state index in [1.54, 1.807) is 13.8 Å². The summed E-state index contributed by atoms with van der Waals surface area (Å²) in [6, 6.07) is 12.0. The summed E-state index contributed by atoms with van der Waals surface area (Å²) in [4.78, 5) is 38.5. The molecule has 186 valence electrons. The lowest BCUT2D eigenvalue weighted by atomic mass is 9.95. The van der Waals surface area contributed by atoms with Crippen LogP contribution in [0.2, 0.25) is 0 Å². The molecule has 0 aliphatic heterocycles. The maximum absolute atomic E-state index is 13.0. The van der Waals surface area contributed by atoms with Crippen molar-refractivity contribution >= 4 is 28.4 Å². The molecule has 0 aliphatic carbocycles. The van der Waals surface area contributed by atoms with Gasteiger partial charge in [-0.1, -0.05) is 56.3 Å². The summed E-state index contributed by atoms with van der Waals surface area (Å²) in [6.07, 6.45) is 0.197. The first kappa shape index (κ1) is 27.4. The monoisotopic (exact) mass is 470 g/mol. The first-order valence-corrected chi connectivity index (χ1v) is 11.9. The number of nitrogens with two attached hydrogens (primary N) is 2. The summed E-state index contributed by atoms with van der Waals surface area (Å²) in [6.45, 7) is 5.41. The molecule has 2 amide bonds. The van der Waals surface area contributed by atoms with Crippen molar-refractivity contribution in [2.24, 2.45) is 23.3 Å². The molecule has 0 saturated carbocycles. The minimum Gasteiger partial charge on any atom is -0.391 e. The fourth-order valence-electron chi connectivity index (χ4n) is 3.88. The van der Waals surface area contributed by atoms with Crippen LogP contribution in [0.3, 0.4) is 0 Å². The highest BCUT2D eigenvalue weighted by molar-refractivity contribution is 5.94. The molecular weight excluding hydrogens is 432 g/mol. The van der Waals surface area contributed by atoms with Crippen molar-refractivity contribution < 1.29 is 19.5 Å². The van der Waals surface area contributed by atoms with Crippen molar-refractivity contribution in [3.63, 3.8) is 0 Å². The lowest BCUT2D eigenvalue weighted by Gasteiger charge is -2.26. The molecule has 0 spiro atoms. The van der Waals surface area contributed by atoms with Crippen molar-refractivity contribution in [1.29, 1.82) is 0 Å². The van der Waals surface area contributed by atoms with Crippen molar-refractivity contribution in [3.05, 3.63) is 48.0 Å². The summed E-state index contributed by atoms with van der Waals surface area (Å²) in [5.74, 6) is -2.01. The van der Waals surface area contributed by atoms with Gasteiger partial charge in [-0.05, 0) is 49.1 Å². The molecular formula is C26H38N4O4. The standard InChI is InChI=1S/C26H38N4O4/c1-16(2)24(32)22(9-6-12-27)29-26(34)23(17(3)31)30-25(33)21(15-28)14-18-10-11-19-7-4-5-8-20(19)13-18/h4-5,7-8,10-11,13,16-17,21-23,31H,6,9,12,14-15,27-28H2,1-3H3,(H,29,34)(H,30,33)/t17-,21?,22-,23-/m0/s1. The Kier molecular flexibility index (Phi) is 10.6. The highest BCUT2D eigenvalue weighted by Crippen LogP contribution is 2.18. The number of carbonyl (C=O) groups excluding carboxylic acids is 3. The van der Waals surface area contributed by atoms with E-state index in [2.05, 4.69) is 10.6 Å². The number of aliphatic hydroxyl groups is 1. The van der Waals surface area contributed by atoms with Gasteiger partial charge in [0, 0.05) is 12.5 Å². The molecule has 0 radical (unpaired) electrons. The third-order valence-corrected chi connectivity index (χ3v) is 5.94. The molecule has 1 unspecified atom stereocenters. The van der Waals surface area contributed by atoms with Gasteiger partial charge in [0.15, 0.2) is 5.78 Å². The maximum atomic E-state index is 13.0. The van der Waals surface area contributed by atoms with Crippen LogP contribution in [0.1, 0.15) is 39.2 Å². The lowest BCUT2D eigenvalue weighted by molar-refractivity contribution is -0.135. The van der Waals surface area contributed by atoms with E-state index in [1.165, 1.54) is 6.92 Å². The van der Waals surface area contributed by atoms with Crippen LogP contribution in [-0.4, -0.2) is 54.0 Å². The van der Waals surface area contributed by atoms with Crippen LogP contribution in [-0.2, 0) is 20.8 Å². The Labute approximate surface area is 201 Å². The van der Waals surface area contributed by atoms with E-state index in [-0.39, 0.29) is 18.2 Å². The van der Waals surface area contributed by atoms with Crippen LogP contribution >= 0.6 is 0 Å². The lowest BCUT2D eigenvalue weighted by Crippen LogP contribution is -2.57. The van der Waals surface area contributed by atoms with Gasteiger partial charge in [-0.3, -0.25) is 14.4 Å². The Morgan fingerprint density at radius 3 is 2.21 bits per heavy atom. The smallest absolute Gasteiger partial charge is 0.245 e. The van der Waals surface area contributed by atoms with Crippen LogP contribution in [0.25, 0.3) is 10.8 Å². The van der Waals surface area contributed by atoms with Gasteiger partial charge in [0.2, 0.25) is 11.8 Å². The van der Waals surface area contributed by atoms with Gasteiger partial charge in [0.1, 0.15) is 6.04 Å². The zero-order valence-corrected chi connectivity index (χ0v) is 20.3. The van der Waals surface area contributed by atoms with E-state index >= 15 is 0 Å². The van der Waals surface area contributed by atoms with Crippen molar-refractivity contribution in [2.75, 3.05) is 13.1 Å². The second kappa shape index (κ2) is 13.2. The van der Waals surface area contributed by atoms with Crippen LogP contribution in [0, 0.1) is 11.8 Å². The normalized spacial score (nSPS) is 14.9. The van der Waals surface area contributed by atoms with E-state index in [9.17, 15) is 19.5 Å². The number of fused-ring (bicyclic) bond motifs is 1. The average molecular weight is 471 g/mol. The SMILES string of the molecule is CC(C)C(=O)[C@H](CCCN)NC(=O)[C@@H](NC(=O)C(CN)Cc1ccc2ccccc2c1)[C@H](C)O. The van der Waals surface area contributed by atoms with Gasteiger partial charge in [-0.25, -0.2) is 0 Å². The molecule has 34 heavy (non-hydrogen) atoms. The first-order valence-electron chi connectivity index (χ1n) is 11.9. The number of ketones is 1. The molecule has 7 N–H and O–H groups in total. The molecule has 0 bridgehead atoms. The number of aliphatic hydroxyl groups excluding tert-OH is 1. The molecule has 8 heteroatoms. The van der Waals surface area contributed by atoms with Crippen LogP contribution in [0.15, 0.2) is 42.5 Å². The largest absolute Gasteiger partial charge is 0.391 e. The molecule has 2 rings (SSSR count). The summed E-state index contributed by atoms with van der Waals surface area (Å²) >= 11 is 0. The predicted octanol–water partition coefficient (Wildman–Crippen LogP) is 1.27. The number of hydrogen-bond donors (Lipinski definition) is 5. The van der Waals surface area contributed by atoms with E-state index in [4.69, 9.17) is 11.5 Å². The van der Waals surface area contributed by atoms with Gasteiger partial charge in [0.25, 0.3) is 0 Å². The molecule has 2 aromatic rings. The minimum atomic E-state index is -1.21. The van der Waals surface area contributed by atoms with E-state index in [1.807, 2.05) is 42.5 Å². The summed E-state index contributed by atoms with van der Waals surface area (Å²) in [5.41, 5.74) is 12.4. The van der Waals surface area contributed by atoms with Crippen molar-refractivity contribution in [1.82, 2.24) is 10.6 Å². The Morgan fingerprint density at radius 2 is 1.62 bits per heavy atom. The van der Waals surface area contributed by atoms with Crippen LogP contribution in [0.5, 0.6) is 0 Å². The Morgan fingerprint density at radius 1 is 0.941 bits per heavy atom. The fourth-order valence-corrected chi connectivity index (χ4v) is 3.88. The van der Waals surface area contributed by atoms with Gasteiger partial charge >= 0.3 is 0 Å². The topological polar surface area (TPSA) is 148 Å². The molecule has 4 atom stereocenters. The summed E-state index contributed by atoms with van der Waals surface area (Å²) in [5, 5.41) is 17.7. The van der Waals surface area contributed by atoms with Crippen LogP contribution < -0.4 is 22.1 Å². The second-order valence-corrected chi connectivity index (χ2v) is 9.09. The zero-order chi connectivity index (χ0) is 25.3. The fraction of sp³-hybridized carbons (Fsp3) is 0.500. The highest BCUT2D eigenvalue weighted by Gasteiger charge is 2.31. The number of benzene rings is 2. The molecule has 0 fully saturated rings. The van der Waals surface area contributed by atoms with Crippen molar-refractivity contribution in [2.45, 2.75) is 58.2 Å². The first-order chi connectivity index (χ1) is 16.2. The Balaban J connectivity index is 2.10. The predicted molar refractivity (Wildman–Crippen MR) is 134 cm³/mol. The quantitative estimate of drug-likeness (QED) is 0.298. The van der Waals surface area contributed by atoms with E-state index < -0.39 is 35.9 Å². The third-order valence-electron chi connectivity index (χ3n) is 5.94. The number of rotatable bonds is 13. The Hall–Kier alpha value is -2.81. The molecule has 0 saturated heterocycles. The number of hydrogen-bond acceptors (Lipinski definition) is 6. The summed E-state index contributed by atoms with van der Waals surface area (Å²) in [7, 11) is 0. The molecule has 2 aromatic carbocycles.